The van der Waals surface area contributed by atoms with Crippen LogP contribution in [0.2, 0.25) is 0 Å². The first-order valence-electron chi connectivity index (χ1n) is 4.66. The minimum Gasteiger partial charge on any atom is -0.157 e. The van der Waals surface area contributed by atoms with E-state index in [1.54, 1.807) is 0 Å². The molecule has 1 heteroatoms. The summed E-state index contributed by atoms with van der Waals surface area (Å²) in [5, 5.41) is 0.623. The molecule has 71 valence electrons. The maximum Gasteiger partial charge on any atom is 0.0294 e. The highest BCUT2D eigenvalue weighted by molar-refractivity contribution is 7.98. The Morgan fingerprint density at radius 1 is 1.31 bits per heavy atom. The molecule has 0 aliphatic carbocycles. The summed E-state index contributed by atoms with van der Waals surface area (Å²) in [6.45, 7) is 6.03. The molecule has 1 radical (unpaired) electrons. The predicted molar refractivity (Wildman–Crippen MR) is 62.0 cm³/mol. The molecule has 0 aliphatic heterocycles. The van der Waals surface area contributed by atoms with Gasteiger partial charge in [0, 0.05) is 5.25 Å². The number of aryl methyl sites for hydroxylation is 1. The second-order valence-electron chi connectivity index (χ2n) is 3.28. The summed E-state index contributed by atoms with van der Waals surface area (Å²) in [6, 6.07) is 8.82. The highest BCUT2D eigenvalue weighted by Crippen LogP contribution is 2.30. The van der Waals surface area contributed by atoms with Crippen molar-refractivity contribution in [1.82, 2.24) is 0 Å². The van der Waals surface area contributed by atoms with Crippen LogP contribution in [0.5, 0.6) is 0 Å². The van der Waals surface area contributed by atoms with Gasteiger partial charge in [-0.1, -0.05) is 43.2 Å². The summed E-state index contributed by atoms with van der Waals surface area (Å²) in [5.41, 5.74) is 2.76. The topological polar surface area (TPSA) is 0 Å². The number of rotatable bonds is 4. The Morgan fingerprint density at radius 3 is 2.38 bits per heavy atom. The maximum absolute atomic E-state index is 3.90. The Labute approximate surface area is 85.7 Å². The summed E-state index contributed by atoms with van der Waals surface area (Å²) >= 11 is 1.91. The van der Waals surface area contributed by atoms with Gasteiger partial charge in [-0.25, -0.2) is 0 Å². The third-order valence-electron chi connectivity index (χ3n) is 2.20. The van der Waals surface area contributed by atoms with Gasteiger partial charge in [-0.2, -0.15) is 11.8 Å². The van der Waals surface area contributed by atoms with Crippen molar-refractivity contribution in [3.05, 3.63) is 42.3 Å². The second-order valence-corrected chi connectivity index (χ2v) is 4.32. The third-order valence-corrected chi connectivity index (χ3v) is 3.28. The Hall–Kier alpha value is -0.430. The Balaban J connectivity index is 2.73. The van der Waals surface area contributed by atoms with Crippen molar-refractivity contribution in [2.45, 2.75) is 25.0 Å². The molecule has 1 aromatic rings. The molecule has 0 bridgehead atoms. The van der Waals surface area contributed by atoms with Gasteiger partial charge in [-0.05, 0) is 25.2 Å². The van der Waals surface area contributed by atoms with Crippen LogP contribution in [-0.2, 0) is 0 Å². The van der Waals surface area contributed by atoms with E-state index < -0.39 is 0 Å². The third kappa shape index (κ3) is 3.07. The minimum atomic E-state index is 0.623. The molecule has 1 aromatic carbocycles. The van der Waals surface area contributed by atoms with E-state index in [0.717, 1.165) is 6.42 Å². The number of hydrogen-bond acceptors (Lipinski definition) is 1. The van der Waals surface area contributed by atoms with Crippen molar-refractivity contribution in [3.8, 4) is 0 Å². The first kappa shape index (κ1) is 10.6. The van der Waals surface area contributed by atoms with Crippen molar-refractivity contribution in [2.24, 2.45) is 0 Å². The molecule has 1 rings (SSSR count). The van der Waals surface area contributed by atoms with E-state index in [2.05, 4.69) is 44.4 Å². The zero-order valence-corrected chi connectivity index (χ0v) is 9.23. The van der Waals surface area contributed by atoms with Crippen molar-refractivity contribution in [2.75, 3.05) is 6.26 Å². The Morgan fingerprint density at radius 2 is 1.92 bits per heavy atom. The minimum absolute atomic E-state index is 0.623. The van der Waals surface area contributed by atoms with Crippen LogP contribution in [0, 0.1) is 13.8 Å². The molecule has 1 unspecified atom stereocenters. The molecule has 0 saturated heterocycles. The van der Waals surface area contributed by atoms with Crippen LogP contribution in [0.1, 0.15) is 29.2 Å². The number of hydrogen-bond donors (Lipinski definition) is 0. The molecule has 0 fully saturated rings. The fourth-order valence-corrected chi connectivity index (χ4v) is 2.22. The van der Waals surface area contributed by atoms with E-state index in [4.69, 9.17) is 0 Å². The molecule has 0 nitrogen and oxygen atoms in total. The fraction of sp³-hybridized carbons (Fsp3) is 0.417. The van der Waals surface area contributed by atoms with Crippen LogP contribution < -0.4 is 0 Å². The van der Waals surface area contributed by atoms with E-state index in [-0.39, 0.29) is 0 Å². The van der Waals surface area contributed by atoms with Gasteiger partial charge in [0.2, 0.25) is 0 Å². The van der Waals surface area contributed by atoms with E-state index in [9.17, 15) is 0 Å². The molecule has 0 spiro atoms. The highest BCUT2D eigenvalue weighted by Gasteiger charge is 2.07. The van der Waals surface area contributed by atoms with Gasteiger partial charge in [0.05, 0.1) is 0 Å². The lowest BCUT2D eigenvalue weighted by molar-refractivity contribution is 0.822. The zero-order chi connectivity index (χ0) is 9.68. The van der Waals surface area contributed by atoms with Crippen LogP contribution >= 0.6 is 11.8 Å². The largest absolute Gasteiger partial charge is 0.157 e. The molecular weight excluding hydrogens is 176 g/mol. The summed E-state index contributed by atoms with van der Waals surface area (Å²) in [5.74, 6) is 0. The van der Waals surface area contributed by atoms with Gasteiger partial charge < -0.3 is 0 Å². The van der Waals surface area contributed by atoms with Crippen LogP contribution in [0.3, 0.4) is 0 Å². The van der Waals surface area contributed by atoms with Crippen molar-refractivity contribution >= 4 is 11.8 Å². The van der Waals surface area contributed by atoms with Gasteiger partial charge in [0.25, 0.3) is 0 Å². The maximum atomic E-state index is 3.90. The summed E-state index contributed by atoms with van der Waals surface area (Å²) in [7, 11) is 0. The standard InChI is InChI=1S/C12H17S/c1-4-5-12(13-3)11-8-6-10(2)7-9-11/h6-9,12H,1,4-5H2,2-3H3. The molecule has 0 saturated carbocycles. The highest BCUT2D eigenvalue weighted by atomic mass is 32.2. The van der Waals surface area contributed by atoms with Gasteiger partial charge in [0.15, 0.2) is 0 Å². The van der Waals surface area contributed by atoms with Crippen LogP contribution in [0.4, 0.5) is 0 Å². The van der Waals surface area contributed by atoms with E-state index >= 15 is 0 Å². The van der Waals surface area contributed by atoms with Crippen molar-refractivity contribution in [1.29, 1.82) is 0 Å². The molecule has 0 aliphatic rings. The van der Waals surface area contributed by atoms with Crippen molar-refractivity contribution in [3.63, 3.8) is 0 Å². The quantitative estimate of drug-likeness (QED) is 0.696. The molecule has 0 amide bonds. The molecular formula is C12H17S. The van der Waals surface area contributed by atoms with Gasteiger partial charge >= 0.3 is 0 Å². The van der Waals surface area contributed by atoms with Gasteiger partial charge in [0.1, 0.15) is 0 Å². The molecule has 1 atom stereocenters. The lowest BCUT2D eigenvalue weighted by Gasteiger charge is -2.13. The smallest absolute Gasteiger partial charge is 0.0294 e. The molecule has 13 heavy (non-hydrogen) atoms. The number of thioether (sulfide) groups is 1. The second kappa shape index (κ2) is 5.33. The van der Waals surface area contributed by atoms with Crippen LogP contribution in [-0.4, -0.2) is 6.26 Å². The van der Waals surface area contributed by atoms with Gasteiger partial charge in [-0.15, -0.1) is 0 Å². The normalized spacial score (nSPS) is 12.8. The average Bonchev–Trinajstić information content (AvgIpc) is 2.16. The lowest BCUT2D eigenvalue weighted by atomic mass is 10.1. The average molecular weight is 193 g/mol. The SMILES string of the molecule is [CH2]CCC(SC)c1ccc(C)cc1. The molecule has 0 N–H and O–H groups in total. The summed E-state index contributed by atoms with van der Waals surface area (Å²) in [4.78, 5) is 0. The first-order valence-corrected chi connectivity index (χ1v) is 5.95. The first-order chi connectivity index (χ1) is 6.27. The van der Waals surface area contributed by atoms with Crippen LogP contribution in [0.15, 0.2) is 24.3 Å². The zero-order valence-electron chi connectivity index (χ0n) is 8.42. The Kier molecular flexibility index (Phi) is 4.37. The Bertz CT molecular complexity index is 238. The molecule has 0 aromatic heterocycles. The van der Waals surface area contributed by atoms with Crippen molar-refractivity contribution < 1.29 is 0 Å². The van der Waals surface area contributed by atoms with E-state index in [1.165, 1.54) is 17.5 Å². The lowest BCUT2D eigenvalue weighted by Crippen LogP contribution is -1.92. The van der Waals surface area contributed by atoms with E-state index in [0.29, 0.717) is 5.25 Å². The monoisotopic (exact) mass is 193 g/mol. The van der Waals surface area contributed by atoms with Gasteiger partial charge in [-0.3, -0.25) is 0 Å². The van der Waals surface area contributed by atoms with E-state index in [1.807, 2.05) is 11.8 Å². The fourth-order valence-electron chi connectivity index (χ4n) is 1.39. The number of benzene rings is 1. The summed E-state index contributed by atoms with van der Waals surface area (Å²) in [6.07, 6.45) is 4.35. The molecule has 0 heterocycles. The van der Waals surface area contributed by atoms with Crippen LogP contribution in [0.25, 0.3) is 0 Å². The summed E-state index contributed by atoms with van der Waals surface area (Å²) < 4.78 is 0. The predicted octanol–water partition coefficient (Wildman–Crippen LogP) is 4.01.